The predicted molar refractivity (Wildman–Crippen MR) is 106 cm³/mol. The van der Waals surface area contributed by atoms with Gasteiger partial charge in [0.2, 0.25) is 0 Å². The molecule has 0 aliphatic heterocycles. The smallest absolute Gasteiger partial charge is 0.337 e. The third kappa shape index (κ3) is 4.28. The van der Waals surface area contributed by atoms with Gasteiger partial charge in [0.15, 0.2) is 0 Å². The van der Waals surface area contributed by atoms with Gasteiger partial charge in [-0.15, -0.1) is 0 Å². The van der Waals surface area contributed by atoms with E-state index in [0.29, 0.717) is 5.56 Å². The fourth-order valence-electron chi connectivity index (χ4n) is 2.89. The van der Waals surface area contributed by atoms with E-state index in [1.165, 1.54) is 18.2 Å². The fraction of sp³-hybridized carbons (Fsp3) is 0.125. The fourth-order valence-corrected chi connectivity index (χ4v) is 2.89. The molecule has 3 aromatic rings. The maximum Gasteiger partial charge on any atom is 0.337 e. The summed E-state index contributed by atoms with van der Waals surface area (Å²) in [5.74, 6) is -0.300. The molecule has 0 radical (unpaired) electrons. The maximum atomic E-state index is 11.5. The third-order valence-corrected chi connectivity index (χ3v) is 4.50. The lowest BCUT2D eigenvalue weighted by molar-refractivity contribution is 0.0600. The van der Waals surface area contributed by atoms with Gasteiger partial charge in [-0.25, -0.2) is 4.79 Å². The van der Waals surface area contributed by atoms with Crippen LogP contribution in [0.2, 0.25) is 0 Å². The number of hydrogen-bond donors (Lipinski definition) is 0. The summed E-state index contributed by atoms with van der Waals surface area (Å²) in [7, 11) is 1.40. The number of esters is 1. The first-order valence-corrected chi connectivity index (χ1v) is 8.68. The van der Waals surface area contributed by atoms with Crippen molar-refractivity contribution in [3.05, 3.63) is 113 Å². The standard InChI is InChI=1S/C24H22O2/c1-18(21-6-4-3-5-7-21)22-14-10-19(11-15-22)8-9-20-12-16-23(17-13-20)24(25)26-2/h3-7,10-17H,1,8-9H2,2H3. The summed E-state index contributed by atoms with van der Waals surface area (Å²) in [6.07, 6.45) is 1.89. The largest absolute Gasteiger partial charge is 0.465 e. The predicted octanol–water partition coefficient (Wildman–Crippen LogP) is 5.32. The van der Waals surface area contributed by atoms with Crippen LogP contribution in [0, 0.1) is 0 Å². The third-order valence-electron chi connectivity index (χ3n) is 4.50. The van der Waals surface area contributed by atoms with Crippen LogP contribution < -0.4 is 0 Å². The highest BCUT2D eigenvalue weighted by Crippen LogP contribution is 2.22. The molecule has 0 heterocycles. The number of rotatable bonds is 6. The Bertz CT molecular complexity index is 876. The zero-order chi connectivity index (χ0) is 18.4. The van der Waals surface area contributed by atoms with Crippen molar-refractivity contribution < 1.29 is 9.53 Å². The highest BCUT2D eigenvalue weighted by atomic mass is 16.5. The summed E-state index contributed by atoms with van der Waals surface area (Å²) < 4.78 is 4.72. The molecular weight excluding hydrogens is 320 g/mol. The van der Waals surface area contributed by atoms with Gasteiger partial charge >= 0.3 is 5.97 Å². The van der Waals surface area contributed by atoms with E-state index in [4.69, 9.17) is 4.74 Å². The molecule has 0 unspecified atom stereocenters. The normalized spacial score (nSPS) is 10.3. The van der Waals surface area contributed by atoms with Crippen LogP contribution >= 0.6 is 0 Å². The lowest BCUT2D eigenvalue weighted by Crippen LogP contribution is -2.01. The average Bonchev–Trinajstić information content (AvgIpc) is 2.72. The number of carbonyl (C=O) groups is 1. The summed E-state index contributed by atoms with van der Waals surface area (Å²) in [5, 5.41) is 0. The van der Waals surface area contributed by atoms with Crippen molar-refractivity contribution in [1.82, 2.24) is 0 Å². The summed E-state index contributed by atoms with van der Waals surface area (Å²) in [6, 6.07) is 26.4. The molecule has 0 N–H and O–H groups in total. The van der Waals surface area contributed by atoms with Crippen molar-refractivity contribution in [2.24, 2.45) is 0 Å². The Hall–Kier alpha value is -3.13. The minimum absolute atomic E-state index is 0.300. The van der Waals surface area contributed by atoms with Gasteiger partial charge in [0.1, 0.15) is 0 Å². The molecule has 0 aliphatic rings. The Morgan fingerprint density at radius 3 is 1.69 bits per heavy atom. The molecule has 2 nitrogen and oxygen atoms in total. The molecule has 0 aliphatic carbocycles. The van der Waals surface area contributed by atoms with E-state index < -0.39 is 0 Å². The van der Waals surface area contributed by atoms with Crippen LogP contribution in [0.3, 0.4) is 0 Å². The molecule has 0 fully saturated rings. The van der Waals surface area contributed by atoms with Gasteiger partial charge in [-0.05, 0) is 52.8 Å². The zero-order valence-electron chi connectivity index (χ0n) is 14.9. The number of benzene rings is 3. The van der Waals surface area contributed by atoms with Crippen LogP contribution in [0.25, 0.3) is 5.57 Å². The first-order chi connectivity index (χ1) is 12.7. The monoisotopic (exact) mass is 342 g/mol. The maximum absolute atomic E-state index is 11.5. The van der Waals surface area contributed by atoms with Gasteiger partial charge < -0.3 is 4.74 Å². The van der Waals surface area contributed by atoms with Gasteiger partial charge in [0, 0.05) is 0 Å². The lowest BCUT2D eigenvalue weighted by atomic mass is 9.97. The van der Waals surface area contributed by atoms with Crippen molar-refractivity contribution >= 4 is 11.5 Å². The molecule has 0 bridgehead atoms. The molecule has 0 aromatic heterocycles. The molecule has 130 valence electrons. The first-order valence-electron chi connectivity index (χ1n) is 8.68. The minimum atomic E-state index is -0.300. The zero-order valence-corrected chi connectivity index (χ0v) is 14.9. The second-order valence-corrected chi connectivity index (χ2v) is 6.23. The molecule has 2 heteroatoms. The quantitative estimate of drug-likeness (QED) is 0.567. The van der Waals surface area contributed by atoms with Gasteiger partial charge in [-0.3, -0.25) is 0 Å². The van der Waals surface area contributed by atoms with E-state index in [-0.39, 0.29) is 5.97 Å². The Morgan fingerprint density at radius 2 is 1.19 bits per heavy atom. The summed E-state index contributed by atoms with van der Waals surface area (Å²) in [5.41, 5.74) is 6.39. The van der Waals surface area contributed by atoms with Crippen LogP contribution in [0.4, 0.5) is 0 Å². The second kappa shape index (κ2) is 8.30. The molecule has 3 aromatic carbocycles. The van der Waals surface area contributed by atoms with E-state index in [0.717, 1.165) is 29.5 Å². The van der Waals surface area contributed by atoms with Crippen LogP contribution in [-0.2, 0) is 17.6 Å². The van der Waals surface area contributed by atoms with Gasteiger partial charge in [-0.2, -0.15) is 0 Å². The molecule has 0 spiro atoms. The Labute approximate surface area is 154 Å². The van der Waals surface area contributed by atoms with E-state index in [9.17, 15) is 4.79 Å². The number of hydrogen-bond acceptors (Lipinski definition) is 2. The molecular formula is C24H22O2. The van der Waals surface area contributed by atoms with Gasteiger partial charge in [0.25, 0.3) is 0 Å². The van der Waals surface area contributed by atoms with Crippen molar-refractivity contribution in [2.45, 2.75) is 12.8 Å². The van der Waals surface area contributed by atoms with E-state index in [1.807, 2.05) is 42.5 Å². The number of carbonyl (C=O) groups excluding carboxylic acids is 1. The number of ether oxygens (including phenoxy) is 1. The minimum Gasteiger partial charge on any atom is -0.465 e. The van der Waals surface area contributed by atoms with Crippen LogP contribution in [-0.4, -0.2) is 13.1 Å². The first kappa shape index (κ1) is 17.7. The topological polar surface area (TPSA) is 26.3 Å². The van der Waals surface area contributed by atoms with Crippen LogP contribution in [0.5, 0.6) is 0 Å². The van der Waals surface area contributed by atoms with Crippen molar-refractivity contribution in [1.29, 1.82) is 0 Å². The highest BCUT2D eigenvalue weighted by molar-refractivity contribution is 5.89. The van der Waals surface area contributed by atoms with E-state index in [2.05, 4.69) is 43.0 Å². The number of aryl methyl sites for hydroxylation is 2. The summed E-state index contributed by atoms with van der Waals surface area (Å²) in [4.78, 5) is 11.5. The van der Waals surface area contributed by atoms with Crippen molar-refractivity contribution in [3.63, 3.8) is 0 Å². The molecule has 26 heavy (non-hydrogen) atoms. The SMILES string of the molecule is C=C(c1ccccc1)c1ccc(CCc2ccc(C(=O)OC)cc2)cc1. The molecule has 0 saturated heterocycles. The Morgan fingerprint density at radius 1 is 0.731 bits per heavy atom. The van der Waals surface area contributed by atoms with Crippen LogP contribution in [0.1, 0.15) is 32.6 Å². The summed E-state index contributed by atoms with van der Waals surface area (Å²) >= 11 is 0. The Kier molecular flexibility index (Phi) is 5.65. The summed E-state index contributed by atoms with van der Waals surface area (Å²) in [6.45, 7) is 4.21. The molecule has 0 saturated carbocycles. The number of methoxy groups -OCH3 is 1. The van der Waals surface area contributed by atoms with Crippen LogP contribution in [0.15, 0.2) is 85.4 Å². The molecule has 0 atom stereocenters. The van der Waals surface area contributed by atoms with Crippen molar-refractivity contribution in [2.75, 3.05) is 7.11 Å². The van der Waals surface area contributed by atoms with Gasteiger partial charge in [0.05, 0.1) is 12.7 Å². The van der Waals surface area contributed by atoms with Gasteiger partial charge in [-0.1, -0.05) is 73.3 Å². The molecule has 0 amide bonds. The molecule has 3 rings (SSSR count). The van der Waals surface area contributed by atoms with E-state index >= 15 is 0 Å². The van der Waals surface area contributed by atoms with E-state index in [1.54, 1.807) is 0 Å². The second-order valence-electron chi connectivity index (χ2n) is 6.23. The highest BCUT2D eigenvalue weighted by Gasteiger charge is 2.05. The lowest BCUT2D eigenvalue weighted by Gasteiger charge is -2.08. The van der Waals surface area contributed by atoms with Crippen molar-refractivity contribution in [3.8, 4) is 0 Å². The average molecular weight is 342 g/mol. The Balaban J connectivity index is 1.61.